The summed E-state index contributed by atoms with van der Waals surface area (Å²) in [5, 5.41) is 4.11. The first-order chi connectivity index (χ1) is 13.7. The van der Waals surface area contributed by atoms with Crippen LogP contribution >= 0.6 is 0 Å². The van der Waals surface area contributed by atoms with Crippen molar-refractivity contribution in [1.82, 2.24) is 15.0 Å². The molecule has 0 spiro atoms. The maximum atomic E-state index is 13.5. The molecule has 0 aliphatic carbocycles. The van der Waals surface area contributed by atoms with Crippen molar-refractivity contribution in [1.29, 1.82) is 0 Å². The quantitative estimate of drug-likeness (QED) is 0.619. The normalized spacial score (nSPS) is 16.2. The fraction of sp³-hybridized carbons (Fsp3) is 0.350. The van der Waals surface area contributed by atoms with E-state index in [1.54, 1.807) is 18.7 Å². The Labute approximate surface area is 164 Å². The molecule has 1 atom stereocenters. The van der Waals surface area contributed by atoms with Gasteiger partial charge >= 0.3 is 0 Å². The summed E-state index contributed by atoms with van der Waals surface area (Å²) in [6.45, 7) is 5.55. The molecule has 0 fully saturated rings. The van der Waals surface area contributed by atoms with E-state index in [4.69, 9.17) is 8.94 Å². The molecule has 29 heavy (non-hydrogen) atoms. The van der Waals surface area contributed by atoms with E-state index in [2.05, 4.69) is 10.1 Å². The van der Waals surface area contributed by atoms with E-state index < -0.39 is 17.5 Å². The molecule has 1 aromatic carbocycles. The zero-order valence-corrected chi connectivity index (χ0v) is 16.1. The summed E-state index contributed by atoms with van der Waals surface area (Å²) in [7, 11) is 0. The van der Waals surface area contributed by atoms with Crippen LogP contribution in [0.25, 0.3) is 11.5 Å². The highest BCUT2D eigenvalue weighted by Gasteiger charge is 2.33. The number of nitrogens with zero attached hydrogens (tertiary/aromatic N) is 3. The number of rotatable bonds is 3. The number of benzene rings is 1. The van der Waals surface area contributed by atoms with Crippen LogP contribution in [0.15, 0.2) is 21.1 Å². The molecule has 3 aromatic rings. The summed E-state index contributed by atoms with van der Waals surface area (Å²) < 4.78 is 51.0. The number of fused-ring (bicyclic) bond motifs is 1. The van der Waals surface area contributed by atoms with Crippen molar-refractivity contribution in [3.63, 3.8) is 0 Å². The third-order valence-electron chi connectivity index (χ3n) is 5.06. The second kappa shape index (κ2) is 7.06. The van der Waals surface area contributed by atoms with Crippen LogP contribution in [0.5, 0.6) is 0 Å². The van der Waals surface area contributed by atoms with Gasteiger partial charge in [0.25, 0.3) is 0 Å². The molecule has 1 aliphatic heterocycles. The maximum absolute atomic E-state index is 13.5. The Kier molecular flexibility index (Phi) is 4.68. The van der Waals surface area contributed by atoms with E-state index in [0.29, 0.717) is 29.5 Å². The molecule has 0 bridgehead atoms. The minimum atomic E-state index is -1.55. The first-order valence-corrected chi connectivity index (χ1v) is 9.09. The van der Waals surface area contributed by atoms with Gasteiger partial charge in [0.1, 0.15) is 5.76 Å². The van der Waals surface area contributed by atoms with Crippen LogP contribution in [0.4, 0.5) is 13.2 Å². The third-order valence-corrected chi connectivity index (χ3v) is 5.06. The van der Waals surface area contributed by atoms with Gasteiger partial charge in [-0.3, -0.25) is 4.79 Å². The minimum Gasteiger partial charge on any atom is -0.446 e. The molecule has 0 N–H and O–H groups in total. The van der Waals surface area contributed by atoms with E-state index in [-0.39, 0.29) is 30.5 Å². The fourth-order valence-corrected chi connectivity index (χ4v) is 3.63. The van der Waals surface area contributed by atoms with E-state index in [9.17, 15) is 18.0 Å². The monoisotopic (exact) mass is 405 g/mol. The average Bonchev–Trinajstić information content (AvgIpc) is 3.20. The van der Waals surface area contributed by atoms with Crippen molar-refractivity contribution < 1.29 is 26.9 Å². The lowest BCUT2D eigenvalue weighted by atomic mass is 9.97. The Morgan fingerprint density at radius 2 is 1.93 bits per heavy atom. The number of hydrogen-bond acceptors (Lipinski definition) is 5. The van der Waals surface area contributed by atoms with Crippen molar-refractivity contribution >= 4 is 5.91 Å². The zero-order valence-electron chi connectivity index (χ0n) is 16.1. The van der Waals surface area contributed by atoms with Crippen molar-refractivity contribution in [2.75, 3.05) is 0 Å². The fourth-order valence-electron chi connectivity index (χ4n) is 3.63. The molecular formula is C20H18F3N3O3. The molecule has 1 amide bonds. The van der Waals surface area contributed by atoms with Gasteiger partial charge in [-0.05, 0) is 31.5 Å². The lowest BCUT2D eigenvalue weighted by molar-refractivity contribution is -0.133. The van der Waals surface area contributed by atoms with Gasteiger partial charge in [-0.25, -0.2) is 18.2 Å². The molecule has 0 radical (unpaired) electrons. The molecule has 152 valence electrons. The van der Waals surface area contributed by atoms with Crippen molar-refractivity contribution in [2.24, 2.45) is 0 Å². The molecule has 1 aliphatic rings. The highest BCUT2D eigenvalue weighted by atomic mass is 19.2. The number of halogens is 3. The third kappa shape index (κ3) is 3.41. The largest absolute Gasteiger partial charge is 0.446 e. The lowest BCUT2D eigenvalue weighted by Gasteiger charge is -2.33. The Morgan fingerprint density at radius 3 is 2.55 bits per heavy atom. The summed E-state index contributed by atoms with van der Waals surface area (Å²) in [4.78, 5) is 18.7. The summed E-state index contributed by atoms with van der Waals surface area (Å²) in [5.41, 5.74) is 2.05. The summed E-state index contributed by atoms with van der Waals surface area (Å²) in [6, 6.07) is 1.48. The van der Waals surface area contributed by atoms with Crippen molar-refractivity contribution in [3.8, 4) is 11.5 Å². The highest BCUT2D eigenvalue weighted by Crippen LogP contribution is 2.34. The Hall–Kier alpha value is -3.10. The van der Waals surface area contributed by atoms with Crippen LogP contribution in [0.3, 0.4) is 0 Å². The smallest absolute Gasteiger partial charge is 0.227 e. The van der Waals surface area contributed by atoms with Crippen LogP contribution < -0.4 is 0 Å². The van der Waals surface area contributed by atoms with Gasteiger partial charge in [0.15, 0.2) is 34.8 Å². The average molecular weight is 405 g/mol. The van der Waals surface area contributed by atoms with Crippen molar-refractivity contribution in [2.45, 2.75) is 46.2 Å². The Morgan fingerprint density at radius 1 is 1.24 bits per heavy atom. The van der Waals surface area contributed by atoms with Crippen LogP contribution in [0, 0.1) is 31.3 Å². The van der Waals surface area contributed by atoms with E-state index in [0.717, 1.165) is 23.4 Å². The van der Waals surface area contributed by atoms with Crippen molar-refractivity contribution in [3.05, 3.63) is 58.1 Å². The molecule has 6 nitrogen and oxygen atoms in total. The second-order valence-corrected chi connectivity index (χ2v) is 7.20. The number of aromatic nitrogens is 2. The topological polar surface area (TPSA) is 72.4 Å². The van der Waals surface area contributed by atoms with Gasteiger partial charge in [-0.1, -0.05) is 5.16 Å². The predicted molar refractivity (Wildman–Crippen MR) is 95.2 cm³/mol. The number of amides is 1. The van der Waals surface area contributed by atoms with Crippen LogP contribution in [-0.4, -0.2) is 27.0 Å². The number of aryl methyl sites for hydroxylation is 2. The van der Waals surface area contributed by atoms with E-state index >= 15 is 0 Å². The summed E-state index contributed by atoms with van der Waals surface area (Å²) >= 11 is 0. The van der Waals surface area contributed by atoms with Crippen LogP contribution in [-0.2, 0) is 24.2 Å². The molecule has 4 rings (SSSR count). The molecule has 0 unspecified atom stereocenters. The number of carbonyl (C=O) groups excluding carboxylic acids is 1. The summed E-state index contributed by atoms with van der Waals surface area (Å²) in [6.07, 6.45) is 0.211. The van der Waals surface area contributed by atoms with Gasteiger partial charge in [0.05, 0.1) is 18.7 Å². The zero-order chi connectivity index (χ0) is 20.9. The molecule has 0 saturated heterocycles. The predicted octanol–water partition coefficient (Wildman–Crippen LogP) is 3.88. The maximum Gasteiger partial charge on any atom is 0.227 e. The Bertz CT molecular complexity index is 1080. The lowest BCUT2D eigenvalue weighted by Crippen LogP contribution is -2.43. The van der Waals surface area contributed by atoms with Gasteiger partial charge in [0.2, 0.25) is 5.91 Å². The second-order valence-electron chi connectivity index (χ2n) is 7.20. The van der Waals surface area contributed by atoms with Crippen LogP contribution in [0.1, 0.15) is 35.4 Å². The Balaban J connectivity index is 1.61. The van der Waals surface area contributed by atoms with Gasteiger partial charge in [0, 0.05) is 24.9 Å². The SMILES string of the molecule is Cc1nc(-c2onc3c2CN(C(=O)Cc2cc(F)c(F)c(F)c2)[C@@H](C)C3)c(C)o1. The molecule has 9 heteroatoms. The molecule has 2 aromatic heterocycles. The van der Waals surface area contributed by atoms with Gasteiger partial charge in [-0.15, -0.1) is 0 Å². The first kappa shape index (κ1) is 19.2. The molecule has 0 saturated carbocycles. The number of hydrogen-bond donors (Lipinski definition) is 0. The van der Waals surface area contributed by atoms with E-state index in [1.165, 1.54) is 0 Å². The first-order valence-electron chi connectivity index (χ1n) is 9.09. The highest BCUT2D eigenvalue weighted by molar-refractivity contribution is 5.80. The minimum absolute atomic E-state index is 0.0675. The van der Waals surface area contributed by atoms with E-state index in [1.807, 2.05) is 6.92 Å². The van der Waals surface area contributed by atoms with Gasteiger partial charge in [-0.2, -0.15) is 0 Å². The number of oxazole rings is 1. The number of carbonyl (C=O) groups is 1. The molecule has 3 heterocycles. The molecular weight excluding hydrogens is 387 g/mol. The van der Waals surface area contributed by atoms with Gasteiger partial charge < -0.3 is 13.8 Å². The standard InChI is InChI=1S/C20H18F3N3O3/c1-9-4-16-13(20(29-25-16)19-10(2)28-11(3)24-19)8-26(9)17(27)7-12-5-14(21)18(23)15(22)6-12/h5-6,9H,4,7-8H2,1-3H3/t9-/m0/s1. The van der Waals surface area contributed by atoms with Crippen LogP contribution in [0.2, 0.25) is 0 Å². The summed E-state index contributed by atoms with van der Waals surface area (Å²) in [5.74, 6) is -3.02.